The van der Waals surface area contributed by atoms with Gasteiger partial charge in [0.1, 0.15) is 12.2 Å². The Morgan fingerprint density at radius 3 is 3.28 bits per heavy atom. The van der Waals surface area contributed by atoms with E-state index in [9.17, 15) is 0 Å². The third-order valence-electron chi connectivity index (χ3n) is 3.40. The molecular weight excluding hydrogens is 268 g/mol. The number of nitrogens with one attached hydrogen (secondary N) is 1. The molecule has 0 aliphatic heterocycles. The van der Waals surface area contributed by atoms with E-state index in [0.717, 1.165) is 29.5 Å². The third kappa shape index (κ3) is 2.30. The van der Waals surface area contributed by atoms with E-state index in [-0.39, 0.29) is 0 Å². The fourth-order valence-electron chi connectivity index (χ4n) is 2.42. The Labute approximate surface area is 115 Å². The molecule has 0 amide bonds. The van der Waals surface area contributed by atoms with E-state index in [1.807, 2.05) is 11.6 Å². The van der Waals surface area contributed by atoms with Gasteiger partial charge in [-0.2, -0.15) is 0 Å². The van der Waals surface area contributed by atoms with Crippen LogP contribution >= 0.6 is 22.9 Å². The normalized spacial score (nSPS) is 18.9. The average Bonchev–Trinajstić information content (AvgIpc) is 2.91. The molecule has 0 radical (unpaired) electrons. The average molecular weight is 283 g/mol. The van der Waals surface area contributed by atoms with E-state index in [1.54, 1.807) is 17.7 Å². The van der Waals surface area contributed by atoms with Crippen LogP contribution in [0.15, 0.2) is 12.4 Å². The Balaban J connectivity index is 1.73. The van der Waals surface area contributed by atoms with Gasteiger partial charge in [-0.05, 0) is 30.9 Å². The second kappa shape index (κ2) is 4.99. The predicted octanol–water partition coefficient (Wildman–Crippen LogP) is 2.70. The predicted molar refractivity (Wildman–Crippen MR) is 72.9 cm³/mol. The molecule has 0 spiro atoms. The summed E-state index contributed by atoms with van der Waals surface area (Å²) in [4.78, 5) is 1.43. The first-order valence-corrected chi connectivity index (χ1v) is 7.28. The third-order valence-corrected chi connectivity index (χ3v) is 4.74. The molecule has 0 aromatic carbocycles. The molecule has 0 saturated carbocycles. The minimum Gasteiger partial charge on any atom is -0.320 e. The molecule has 2 aromatic heterocycles. The Kier molecular flexibility index (Phi) is 3.37. The Morgan fingerprint density at radius 2 is 2.50 bits per heavy atom. The zero-order chi connectivity index (χ0) is 12.5. The SMILES string of the molecule is Cn1cnnc1CNC1CCCc2sc(Cl)cc21. The molecular formula is C12H15ClN4S. The molecule has 0 saturated heterocycles. The standard InChI is InChI=1S/C12H15ClN4S/c1-17-7-15-16-12(17)6-14-9-3-2-4-10-8(9)5-11(13)18-10/h5,7,9,14H,2-4,6H2,1H3. The van der Waals surface area contributed by atoms with Gasteiger partial charge in [0.05, 0.1) is 10.9 Å². The molecule has 1 aliphatic carbocycles. The molecule has 1 atom stereocenters. The van der Waals surface area contributed by atoms with Crippen molar-refractivity contribution in [1.82, 2.24) is 20.1 Å². The van der Waals surface area contributed by atoms with Crippen molar-refractivity contribution in [3.05, 3.63) is 33.0 Å². The molecule has 0 bridgehead atoms. The van der Waals surface area contributed by atoms with Crippen molar-refractivity contribution in [2.45, 2.75) is 31.8 Å². The number of hydrogen-bond donors (Lipinski definition) is 1. The highest BCUT2D eigenvalue weighted by Crippen LogP contribution is 2.37. The van der Waals surface area contributed by atoms with Gasteiger partial charge < -0.3 is 9.88 Å². The van der Waals surface area contributed by atoms with E-state index < -0.39 is 0 Å². The van der Waals surface area contributed by atoms with Gasteiger partial charge in [0.25, 0.3) is 0 Å². The fourth-order valence-corrected chi connectivity index (χ4v) is 3.80. The lowest BCUT2D eigenvalue weighted by Crippen LogP contribution is -2.25. The molecule has 1 aliphatic rings. The van der Waals surface area contributed by atoms with Gasteiger partial charge in [0.15, 0.2) is 0 Å². The summed E-state index contributed by atoms with van der Waals surface area (Å²) in [7, 11) is 1.96. The minimum atomic E-state index is 0.397. The van der Waals surface area contributed by atoms with Crippen molar-refractivity contribution >= 4 is 22.9 Å². The summed E-state index contributed by atoms with van der Waals surface area (Å²) in [5.74, 6) is 0.962. The van der Waals surface area contributed by atoms with E-state index in [0.29, 0.717) is 6.04 Å². The van der Waals surface area contributed by atoms with Crippen LogP contribution in [0.25, 0.3) is 0 Å². The summed E-state index contributed by atoms with van der Waals surface area (Å²) in [5.41, 5.74) is 1.37. The van der Waals surface area contributed by atoms with Crippen molar-refractivity contribution in [3.8, 4) is 0 Å². The topological polar surface area (TPSA) is 42.7 Å². The number of thiophene rings is 1. The maximum absolute atomic E-state index is 6.11. The van der Waals surface area contributed by atoms with Crippen molar-refractivity contribution in [2.75, 3.05) is 0 Å². The highest BCUT2D eigenvalue weighted by atomic mass is 35.5. The number of halogens is 1. The van der Waals surface area contributed by atoms with E-state index in [2.05, 4.69) is 21.6 Å². The number of nitrogens with zero attached hydrogens (tertiary/aromatic N) is 3. The summed E-state index contributed by atoms with van der Waals surface area (Å²) in [6.45, 7) is 0.744. The van der Waals surface area contributed by atoms with Crippen LogP contribution in [0.3, 0.4) is 0 Å². The molecule has 2 aromatic rings. The van der Waals surface area contributed by atoms with Gasteiger partial charge in [-0.3, -0.25) is 0 Å². The van der Waals surface area contributed by atoms with Crippen LogP contribution in [0.1, 0.15) is 35.1 Å². The molecule has 2 heterocycles. The second-order valence-corrected chi connectivity index (χ2v) is 6.38. The number of rotatable bonds is 3. The molecule has 3 rings (SSSR count). The van der Waals surface area contributed by atoms with Gasteiger partial charge >= 0.3 is 0 Å². The monoisotopic (exact) mass is 282 g/mol. The zero-order valence-corrected chi connectivity index (χ0v) is 11.8. The Morgan fingerprint density at radius 1 is 1.61 bits per heavy atom. The Hall–Kier alpha value is -0.910. The maximum atomic E-state index is 6.11. The van der Waals surface area contributed by atoms with E-state index in [4.69, 9.17) is 11.6 Å². The minimum absolute atomic E-state index is 0.397. The highest BCUT2D eigenvalue weighted by molar-refractivity contribution is 7.16. The van der Waals surface area contributed by atoms with E-state index >= 15 is 0 Å². The molecule has 4 nitrogen and oxygen atoms in total. The van der Waals surface area contributed by atoms with Crippen molar-refractivity contribution < 1.29 is 0 Å². The smallest absolute Gasteiger partial charge is 0.146 e. The van der Waals surface area contributed by atoms with Gasteiger partial charge in [-0.15, -0.1) is 21.5 Å². The van der Waals surface area contributed by atoms with Crippen LogP contribution in [0.2, 0.25) is 4.34 Å². The summed E-state index contributed by atoms with van der Waals surface area (Å²) in [6, 6.07) is 2.50. The van der Waals surface area contributed by atoms with Crippen LogP contribution < -0.4 is 5.32 Å². The second-order valence-electron chi connectivity index (χ2n) is 4.61. The first-order valence-electron chi connectivity index (χ1n) is 6.08. The number of aryl methyl sites for hydroxylation is 2. The van der Waals surface area contributed by atoms with Crippen LogP contribution in [-0.4, -0.2) is 14.8 Å². The molecule has 6 heteroatoms. The first-order chi connectivity index (χ1) is 8.74. The van der Waals surface area contributed by atoms with Crippen molar-refractivity contribution in [1.29, 1.82) is 0 Å². The molecule has 1 N–H and O–H groups in total. The Bertz CT molecular complexity index is 548. The van der Waals surface area contributed by atoms with Gasteiger partial charge in [0, 0.05) is 18.0 Å². The van der Waals surface area contributed by atoms with Crippen LogP contribution in [0.4, 0.5) is 0 Å². The molecule has 1 unspecified atom stereocenters. The van der Waals surface area contributed by atoms with Crippen LogP contribution in [-0.2, 0) is 20.0 Å². The van der Waals surface area contributed by atoms with Crippen LogP contribution in [0, 0.1) is 0 Å². The highest BCUT2D eigenvalue weighted by Gasteiger charge is 2.22. The summed E-state index contributed by atoms with van der Waals surface area (Å²) < 4.78 is 2.84. The molecule has 96 valence electrons. The first kappa shape index (κ1) is 12.1. The lowest BCUT2D eigenvalue weighted by molar-refractivity contribution is 0.452. The van der Waals surface area contributed by atoms with Crippen LogP contribution in [0.5, 0.6) is 0 Å². The molecule has 18 heavy (non-hydrogen) atoms. The van der Waals surface area contributed by atoms with Crippen molar-refractivity contribution in [2.24, 2.45) is 7.05 Å². The maximum Gasteiger partial charge on any atom is 0.146 e. The van der Waals surface area contributed by atoms with E-state index in [1.165, 1.54) is 16.9 Å². The number of aromatic nitrogens is 3. The van der Waals surface area contributed by atoms with Gasteiger partial charge in [-0.1, -0.05) is 11.6 Å². The fraction of sp³-hybridized carbons (Fsp3) is 0.500. The van der Waals surface area contributed by atoms with Crippen molar-refractivity contribution in [3.63, 3.8) is 0 Å². The van der Waals surface area contributed by atoms with Gasteiger partial charge in [-0.25, -0.2) is 0 Å². The summed E-state index contributed by atoms with van der Waals surface area (Å²) in [5, 5.41) is 11.5. The lowest BCUT2D eigenvalue weighted by atomic mass is 9.94. The lowest BCUT2D eigenvalue weighted by Gasteiger charge is -2.23. The number of hydrogen-bond acceptors (Lipinski definition) is 4. The summed E-state index contributed by atoms with van der Waals surface area (Å²) in [6.07, 6.45) is 5.28. The number of fused-ring (bicyclic) bond motifs is 1. The zero-order valence-electron chi connectivity index (χ0n) is 10.2. The van der Waals surface area contributed by atoms with Gasteiger partial charge in [0.2, 0.25) is 0 Å². The molecule has 0 fully saturated rings. The summed E-state index contributed by atoms with van der Waals surface area (Å²) >= 11 is 7.82. The largest absolute Gasteiger partial charge is 0.320 e. The quantitative estimate of drug-likeness (QED) is 0.941.